The molecule has 0 spiro atoms. The first-order valence-electron chi connectivity index (χ1n) is 6.39. The summed E-state index contributed by atoms with van der Waals surface area (Å²) in [5, 5.41) is 16.4. The minimum absolute atomic E-state index is 0.0590. The first-order valence-corrected chi connectivity index (χ1v) is 7.65. The Morgan fingerprint density at radius 2 is 2.20 bits per heavy atom. The Morgan fingerprint density at radius 1 is 1.40 bits per heavy atom. The number of thiophene rings is 1. The van der Waals surface area contributed by atoms with Crippen LogP contribution in [0, 0.1) is 16.0 Å². The molecule has 0 amide bonds. The van der Waals surface area contributed by atoms with Gasteiger partial charge in [0.05, 0.1) is 11.0 Å². The largest absolute Gasteiger partial charge is 0.377 e. The van der Waals surface area contributed by atoms with Crippen LogP contribution in [-0.2, 0) is 0 Å². The smallest absolute Gasteiger partial charge is 0.288 e. The fourth-order valence-corrected chi connectivity index (χ4v) is 3.36. The van der Waals surface area contributed by atoms with Crippen LogP contribution in [0.1, 0.15) is 23.8 Å². The van der Waals surface area contributed by atoms with E-state index in [-0.39, 0.29) is 16.8 Å². The van der Waals surface area contributed by atoms with E-state index in [0.717, 1.165) is 5.69 Å². The number of nitrogens with one attached hydrogen (secondary N) is 1. The van der Waals surface area contributed by atoms with Gasteiger partial charge in [-0.1, -0.05) is 17.7 Å². The van der Waals surface area contributed by atoms with Crippen molar-refractivity contribution < 1.29 is 4.92 Å². The van der Waals surface area contributed by atoms with Crippen LogP contribution in [0.5, 0.6) is 0 Å². The molecule has 0 saturated heterocycles. The van der Waals surface area contributed by atoms with Crippen molar-refractivity contribution in [3.05, 3.63) is 55.7 Å². The normalized spacial score (nSPS) is 15.8. The fraction of sp³-hybridized carbons (Fsp3) is 0.286. The van der Waals surface area contributed by atoms with Crippen LogP contribution in [-0.4, -0.2) is 4.92 Å². The predicted molar refractivity (Wildman–Crippen MR) is 81.5 cm³/mol. The average molecular weight is 309 g/mol. The summed E-state index contributed by atoms with van der Waals surface area (Å²) in [5.74, 6) is 0.641. The van der Waals surface area contributed by atoms with Crippen molar-refractivity contribution in [2.24, 2.45) is 5.92 Å². The molecular formula is C14H13ClN2O2S. The molecule has 0 bridgehead atoms. The number of halogens is 1. The molecule has 104 valence electrons. The van der Waals surface area contributed by atoms with Crippen molar-refractivity contribution >= 4 is 34.3 Å². The predicted octanol–water partition coefficient (Wildman–Crippen LogP) is 4.87. The maximum Gasteiger partial charge on any atom is 0.288 e. The van der Waals surface area contributed by atoms with Gasteiger partial charge in [-0.15, -0.1) is 11.3 Å². The van der Waals surface area contributed by atoms with Crippen molar-refractivity contribution in [3.63, 3.8) is 0 Å². The highest BCUT2D eigenvalue weighted by atomic mass is 35.5. The zero-order chi connectivity index (χ0) is 14.1. The van der Waals surface area contributed by atoms with Gasteiger partial charge in [-0.2, -0.15) is 0 Å². The molecule has 1 unspecified atom stereocenters. The molecule has 6 heteroatoms. The third kappa shape index (κ3) is 2.78. The van der Waals surface area contributed by atoms with Crippen LogP contribution in [0.15, 0.2) is 35.7 Å². The van der Waals surface area contributed by atoms with Crippen LogP contribution < -0.4 is 5.32 Å². The van der Waals surface area contributed by atoms with Crippen molar-refractivity contribution in [2.45, 2.75) is 18.9 Å². The van der Waals surface area contributed by atoms with Gasteiger partial charge in [0.15, 0.2) is 0 Å². The highest BCUT2D eigenvalue weighted by Crippen LogP contribution is 2.44. The standard InChI is InChI=1S/C14H13ClN2O2S/c15-11-8-10(5-6-12(11)17(18)19)16-14(9-3-4-9)13-2-1-7-20-13/h1-2,5-9,14,16H,3-4H2. The molecule has 1 aromatic carbocycles. The van der Waals surface area contributed by atoms with Crippen molar-refractivity contribution in [3.8, 4) is 0 Å². The van der Waals surface area contributed by atoms with Gasteiger partial charge in [0.1, 0.15) is 5.02 Å². The Labute approximate surface area is 125 Å². The zero-order valence-corrected chi connectivity index (χ0v) is 12.2. The highest BCUT2D eigenvalue weighted by molar-refractivity contribution is 7.10. The van der Waals surface area contributed by atoms with Crippen LogP contribution in [0.25, 0.3) is 0 Å². The van der Waals surface area contributed by atoms with Gasteiger partial charge in [-0.3, -0.25) is 10.1 Å². The van der Waals surface area contributed by atoms with E-state index in [1.54, 1.807) is 23.5 Å². The second-order valence-corrected chi connectivity index (χ2v) is 6.28. The van der Waals surface area contributed by atoms with Crippen molar-refractivity contribution in [1.29, 1.82) is 0 Å². The molecule has 4 nitrogen and oxygen atoms in total. The first-order chi connectivity index (χ1) is 9.65. The summed E-state index contributed by atoms with van der Waals surface area (Å²) in [4.78, 5) is 11.6. The van der Waals surface area contributed by atoms with E-state index < -0.39 is 4.92 Å². The molecule has 1 saturated carbocycles. The third-order valence-electron chi connectivity index (χ3n) is 3.41. The van der Waals surface area contributed by atoms with E-state index in [1.165, 1.54) is 23.8 Å². The number of nitro groups is 1. The minimum atomic E-state index is -0.468. The molecule has 1 fully saturated rings. The average Bonchev–Trinajstić information content (AvgIpc) is 3.10. The second-order valence-electron chi connectivity index (χ2n) is 4.90. The number of hydrogen-bond acceptors (Lipinski definition) is 4. The van der Waals surface area contributed by atoms with E-state index >= 15 is 0 Å². The van der Waals surface area contributed by atoms with Crippen LogP contribution in [0.4, 0.5) is 11.4 Å². The van der Waals surface area contributed by atoms with Gasteiger partial charge in [-0.25, -0.2) is 0 Å². The Bertz CT molecular complexity index is 626. The Morgan fingerprint density at radius 3 is 2.75 bits per heavy atom. The van der Waals surface area contributed by atoms with Crippen molar-refractivity contribution in [2.75, 3.05) is 5.32 Å². The fourth-order valence-electron chi connectivity index (χ4n) is 2.24. The molecule has 0 radical (unpaired) electrons. The molecule has 0 aliphatic heterocycles. The third-order valence-corrected chi connectivity index (χ3v) is 4.67. The van der Waals surface area contributed by atoms with E-state index in [4.69, 9.17) is 11.6 Å². The zero-order valence-electron chi connectivity index (χ0n) is 10.6. The molecule has 1 N–H and O–H groups in total. The molecule has 1 atom stereocenters. The Hall–Kier alpha value is -1.59. The summed E-state index contributed by atoms with van der Waals surface area (Å²) in [6, 6.07) is 9.22. The van der Waals surface area contributed by atoms with E-state index in [9.17, 15) is 10.1 Å². The number of nitrogens with zero attached hydrogens (tertiary/aromatic N) is 1. The lowest BCUT2D eigenvalue weighted by atomic mass is 10.1. The van der Waals surface area contributed by atoms with E-state index in [1.807, 2.05) is 6.07 Å². The number of nitro benzene ring substituents is 1. The van der Waals surface area contributed by atoms with Gasteiger partial charge >= 0.3 is 0 Å². The van der Waals surface area contributed by atoms with Gasteiger partial charge in [-0.05, 0) is 42.3 Å². The van der Waals surface area contributed by atoms with Gasteiger partial charge in [0.25, 0.3) is 5.69 Å². The van der Waals surface area contributed by atoms with E-state index in [0.29, 0.717) is 5.92 Å². The molecule has 1 aliphatic rings. The molecule has 20 heavy (non-hydrogen) atoms. The summed E-state index contributed by atoms with van der Waals surface area (Å²) in [7, 11) is 0. The quantitative estimate of drug-likeness (QED) is 0.633. The first kappa shape index (κ1) is 13.4. The van der Waals surface area contributed by atoms with Crippen LogP contribution in [0.3, 0.4) is 0 Å². The van der Waals surface area contributed by atoms with Crippen molar-refractivity contribution in [1.82, 2.24) is 0 Å². The summed E-state index contributed by atoms with van der Waals surface area (Å²) in [6.07, 6.45) is 2.44. The summed E-state index contributed by atoms with van der Waals surface area (Å²) >= 11 is 7.68. The summed E-state index contributed by atoms with van der Waals surface area (Å²) in [5.41, 5.74) is 0.766. The van der Waals surface area contributed by atoms with Crippen LogP contribution in [0.2, 0.25) is 5.02 Å². The highest BCUT2D eigenvalue weighted by Gasteiger charge is 2.33. The Kier molecular flexibility index (Phi) is 3.63. The second kappa shape index (κ2) is 5.42. The van der Waals surface area contributed by atoms with Crippen LogP contribution >= 0.6 is 22.9 Å². The topological polar surface area (TPSA) is 55.2 Å². The lowest BCUT2D eigenvalue weighted by molar-refractivity contribution is -0.384. The monoisotopic (exact) mass is 308 g/mol. The number of anilines is 1. The summed E-state index contributed by atoms with van der Waals surface area (Å²) < 4.78 is 0. The Balaban J connectivity index is 1.82. The molecule has 1 aromatic heterocycles. The number of rotatable bonds is 5. The molecule has 3 rings (SSSR count). The maximum absolute atomic E-state index is 10.8. The maximum atomic E-state index is 10.8. The molecule has 2 aromatic rings. The van der Waals surface area contributed by atoms with E-state index in [2.05, 4.69) is 16.8 Å². The lowest BCUT2D eigenvalue weighted by Gasteiger charge is -2.18. The molecular weight excluding hydrogens is 296 g/mol. The minimum Gasteiger partial charge on any atom is -0.377 e. The SMILES string of the molecule is O=[N+]([O-])c1ccc(NC(c2cccs2)C2CC2)cc1Cl. The lowest BCUT2D eigenvalue weighted by Crippen LogP contribution is -2.11. The van der Waals surface area contributed by atoms with Gasteiger partial charge in [0.2, 0.25) is 0 Å². The van der Waals surface area contributed by atoms with Gasteiger partial charge < -0.3 is 5.32 Å². The number of benzene rings is 1. The number of hydrogen-bond donors (Lipinski definition) is 1. The molecule has 1 aliphatic carbocycles. The summed E-state index contributed by atoms with van der Waals surface area (Å²) in [6.45, 7) is 0. The molecule has 1 heterocycles. The van der Waals surface area contributed by atoms with Gasteiger partial charge in [0, 0.05) is 16.6 Å².